The van der Waals surface area contributed by atoms with Gasteiger partial charge in [0.1, 0.15) is 0 Å². The van der Waals surface area contributed by atoms with Gasteiger partial charge in [0, 0.05) is 0 Å². The summed E-state index contributed by atoms with van der Waals surface area (Å²) in [4.78, 5) is 0. The normalized spacial score (nSPS) is 21.8. The predicted octanol–water partition coefficient (Wildman–Crippen LogP) is 2.04. The molecule has 0 aromatic carbocycles. The molecule has 10 radical (unpaired) electrons. The first-order valence-electron chi connectivity index (χ1n) is 3.33. The van der Waals surface area contributed by atoms with Gasteiger partial charge >= 0.3 is 19.5 Å². The van der Waals surface area contributed by atoms with E-state index in [4.69, 9.17) is 0 Å². The number of hydrogen-bond acceptors (Lipinski definition) is 0. The molecule has 0 bridgehead atoms. The Bertz CT molecular complexity index is 38.1. The van der Waals surface area contributed by atoms with E-state index in [-0.39, 0.29) is 19.5 Å². The summed E-state index contributed by atoms with van der Waals surface area (Å²) >= 11 is 0. The third kappa shape index (κ3) is 7.00. The maximum Gasteiger partial charge on any atom is 2.00 e. The van der Waals surface area contributed by atoms with Gasteiger partial charge in [-0.05, 0) is 64.2 Å². The van der Waals surface area contributed by atoms with Gasteiger partial charge in [0.05, 0.1) is 0 Å². The molecule has 2 aliphatic carbocycles. The maximum atomic E-state index is 2.00. The molecule has 0 amide bonds. The molecule has 2 rings (SSSR count). The molecule has 0 aromatic heterocycles. The van der Waals surface area contributed by atoms with Crippen LogP contribution >= 0.6 is 0 Å². The van der Waals surface area contributed by atoms with Crippen molar-refractivity contribution in [3.63, 3.8) is 0 Å². The summed E-state index contributed by atoms with van der Waals surface area (Å²) in [6, 6.07) is 0. The fraction of sp³-hybridized carbons (Fsp3) is 0. The van der Waals surface area contributed by atoms with Crippen LogP contribution in [0.15, 0.2) is 0 Å². The van der Waals surface area contributed by atoms with E-state index in [1.165, 1.54) is 0 Å². The molecule has 56 valence electrons. The zero-order valence-electron chi connectivity index (χ0n) is 6.13. The van der Waals surface area contributed by atoms with Crippen molar-refractivity contribution in [3.05, 3.63) is 64.2 Å². The van der Waals surface area contributed by atoms with E-state index in [1.54, 1.807) is 0 Å². The Morgan fingerprint density at radius 3 is 0.455 bits per heavy atom. The van der Waals surface area contributed by atoms with Gasteiger partial charge in [0.25, 0.3) is 0 Å². The van der Waals surface area contributed by atoms with Gasteiger partial charge in [-0.15, -0.1) is 0 Å². The molecule has 11 heavy (non-hydrogen) atoms. The minimum absolute atomic E-state index is 0. The SMILES string of the molecule is [CH]1[CH][CH][CH][CH]1.[CH]1[CH][CH][CH][CH]1.[Ru+2]. The largest absolute Gasteiger partial charge is 2.00 e. The number of rotatable bonds is 0. The van der Waals surface area contributed by atoms with E-state index >= 15 is 0 Å². The first-order chi connectivity index (χ1) is 5.00. The van der Waals surface area contributed by atoms with Crippen LogP contribution in [0.3, 0.4) is 0 Å². The van der Waals surface area contributed by atoms with Gasteiger partial charge in [0.2, 0.25) is 0 Å². The Labute approximate surface area is 83.9 Å². The van der Waals surface area contributed by atoms with E-state index < -0.39 is 0 Å². The minimum atomic E-state index is 0. The van der Waals surface area contributed by atoms with E-state index in [0.29, 0.717) is 0 Å². The first kappa shape index (κ1) is 11.6. The molecule has 0 atom stereocenters. The van der Waals surface area contributed by atoms with Crippen LogP contribution in [0.5, 0.6) is 0 Å². The molecule has 2 fully saturated rings. The Kier molecular flexibility index (Phi) is 9.21. The fourth-order valence-corrected chi connectivity index (χ4v) is 0.642. The van der Waals surface area contributed by atoms with E-state index in [0.717, 1.165) is 0 Å². The van der Waals surface area contributed by atoms with Gasteiger partial charge in [0.15, 0.2) is 0 Å². The van der Waals surface area contributed by atoms with Crippen molar-refractivity contribution in [3.8, 4) is 0 Å². The molecule has 2 aliphatic rings. The molecule has 0 spiro atoms. The average Bonchev–Trinajstić information content (AvgIpc) is 2.67. The summed E-state index contributed by atoms with van der Waals surface area (Å²) in [6.07, 6.45) is 20.0. The summed E-state index contributed by atoms with van der Waals surface area (Å²) in [5.74, 6) is 0. The summed E-state index contributed by atoms with van der Waals surface area (Å²) in [6.45, 7) is 0. The topological polar surface area (TPSA) is 0 Å². The number of hydrogen-bond donors (Lipinski definition) is 0. The predicted molar refractivity (Wildman–Crippen MR) is 43.0 cm³/mol. The Hall–Kier alpha value is 0.623. The van der Waals surface area contributed by atoms with Crippen molar-refractivity contribution in [1.82, 2.24) is 0 Å². The molecule has 0 nitrogen and oxygen atoms in total. The smallest absolute Gasteiger partial charge is 0.0312 e. The first-order valence-corrected chi connectivity index (χ1v) is 3.33. The third-order valence-electron chi connectivity index (χ3n) is 1.11. The zero-order chi connectivity index (χ0) is 7.07. The van der Waals surface area contributed by atoms with Crippen LogP contribution in [0.2, 0.25) is 0 Å². The summed E-state index contributed by atoms with van der Waals surface area (Å²) < 4.78 is 0. The maximum absolute atomic E-state index is 2.00. The second-order valence-corrected chi connectivity index (χ2v) is 1.92. The van der Waals surface area contributed by atoms with Crippen molar-refractivity contribution in [2.45, 2.75) is 0 Å². The van der Waals surface area contributed by atoms with Gasteiger partial charge in [-0.2, -0.15) is 0 Å². The van der Waals surface area contributed by atoms with Crippen LogP contribution in [0.4, 0.5) is 0 Å². The Balaban J connectivity index is 0.000000167. The third-order valence-corrected chi connectivity index (χ3v) is 1.11. The second-order valence-electron chi connectivity index (χ2n) is 1.92. The summed E-state index contributed by atoms with van der Waals surface area (Å²) in [5, 5.41) is 0. The average molecular weight is 231 g/mol. The second kappa shape index (κ2) is 8.72. The minimum Gasteiger partial charge on any atom is -0.0312 e. The molecule has 0 aliphatic heterocycles. The van der Waals surface area contributed by atoms with Gasteiger partial charge in [-0.1, -0.05) is 0 Å². The molecule has 0 heterocycles. The summed E-state index contributed by atoms with van der Waals surface area (Å²) in [7, 11) is 0. The van der Waals surface area contributed by atoms with Crippen molar-refractivity contribution in [1.29, 1.82) is 0 Å². The van der Waals surface area contributed by atoms with Crippen LogP contribution in [0.25, 0.3) is 0 Å². The fourth-order valence-electron chi connectivity index (χ4n) is 0.642. The molecule has 0 N–H and O–H groups in total. The van der Waals surface area contributed by atoms with E-state index in [1.807, 2.05) is 64.2 Å². The molecule has 0 unspecified atom stereocenters. The zero-order valence-corrected chi connectivity index (χ0v) is 7.87. The quantitative estimate of drug-likeness (QED) is 0.560. The monoisotopic (exact) mass is 232 g/mol. The van der Waals surface area contributed by atoms with Crippen LogP contribution in [0.1, 0.15) is 0 Å². The molecular formula is C10H10Ru+2. The Morgan fingerprint density at radius 2 is 0.364 bits per heavy atom. The van der Waals surface area contributed by atoms with Gasteiger partial charge in [-0.25, -0.2) is 0 Å². The van der Waals surface area contributed by atoms with Crippen molar-refractivity contribution in [2.75, 3.05) is 0 Å². The van der Waals surface area contributed by atoms with Crippen LogP contribution in [0, 0.1) is 64.2 Å². The van der Waals surface area contributed by atoms with Crippen LogP contribution in [-0.4, -0.2) is 0 Å². The van der Waals surface area contributed by atoms with Gasteiger partial charge in [-0.3, -0.25) is 0 Å². The molecule has 0 aromatic rings. The molecule has 1 heteroatoms. The molecule has 0 saturated heterocycles. The van der Waals surface area contributed by atoms with Crippen molar-refractivity contribution >= 4 is 0 Å². The Morgan fingerprint density at radius 1 is 0.273 bits per heavy atom. The summed E-state index contributed by atoms with van der Waals surface area (Å²) in [5.41, 5.74) is 0. The molecular weight excluding hydrogens is 221 g/mol. The van der Waals surface area contributed by atoms with Crippen molar-refractivity contribution < 1.29 is 19.5 Å². The standard InChI is InChI=1S/2C5H5.Ru/c2*1-2-4-5-3-1;/h2*1-5H;/q;;+2. The molecule has 2 saturated carbocycles. The van der Waals surface area contributed by atoms with Crippen LogP contribution in [-0.2, 0) is 19.5 Å². The van der Waals surface area contributed by atoms with Gasteiger partial charge < -0.3 is 0 Å². The van der Waals surface area contributed by atoms with Crippen LogP contribution < -0.4 is 0 Å². The van der Waals surface area contributed by atoms with E-state index in [9.17, 15) is 0 Å². The van der Waals surface area contributed by atoms with E-state index in [2.05, 4.69) is 0 Å². The van der Waals surface area contributed by atoms with Crippen molar-refractivity contribution in [2.24, 2.45) is 0 Å².